The van der Waals surface area contributed by atoms with Gasteiger partial charge in [-0.15, -0.1) is 0 Å². The van der Waals surface area contributed by atoms with E-state index in [0.29, 0.717) is 30.8 Å². The fourth-order valence-corrected chi connectivity index (χ4v) is 6.54. The van der Waals surface area contributed by atoms with Crippen LogP contribution in [0, 0.1) is 17.8 Å². The first kappa shape index (κ1) is 36.4. The number of amides is 2. The number of carbonyl (C=O) groups is 3. The van der Waals surface area contributed by atoms with Crippen LogP contribution in [-0.4, -0.2) is 66.0 Å². The third kappa shape index (κ3) is 8.18. The van der Waals surface area contributed by atoms with E-state index in [-0.39, 0.29) is 29.5 Å². The van der Waals surface area contributed by atoms with E-state index in [9.17, 15) is 19.5 Å². The number of ether oxygens (including phenoxy) is 4. The minimum absolute atomic E-state index is 0.115. The number of hydrogen-bond acceptors (Lipinski definition) is 8. The average molecular weight is 652 g/mol. The highest BCUT2D eigenvalue weighted by Crippen LogP contribution is 2.43. The lowest BCUT2D eigenvalue weighted by Crippen LogP contribution is -2.48. The SMILES string of the molecule is COc1cc(C(C)(C)C)c(OC(=O)[C@H](C)[C@H]2CC[C@@H]([C@@H](C)[C@@H](O)[C@H](C)C(=O)N3C(=O)OC[C@@H]3Cc3ccccc3)O2)c(C(C)(C)C)c1. The van der Waals surface area contributed by atoms with Crippen LogP contribution in [0.4, 0.5) is 4.79 Å². The normalized spacial score (nSPS) is 22.7. The monoisotopic (exact) mass is 651 g/mol. The molecule has 0 bridgehead atoms. The number of imide groups is 1. The van der Waals surface area contributed by atoms with Crippen molar-refractivity contribution in [2.75, 3.05) is 13.7 Å². The molecular weight excluding hydrogens is 598 g/mol. The maximum absolute atomic E-state index is 13.7. The highest BCUT2D eigenvalue weighted by Gasteiger charge is 2.45. The summed E-state index contributed by atoms with van der Waals surface area (Å²) in [5, 5.41) is 11.3. The number of esters is 1. The van der Waals surface area contributed by atoms with Crippen molar-refractivity contribution in [3.63, 3.8) is 0 Å². The average Bonchev–Trinajstić information content (AvgIpc) is 3.65. The molecule has 2 aromatic rings. The maximum Gasteiger partial charge on any atom is 0.416 e. The van der Waals surface area contributed by atoms with Gasteiger partial charge in [0.05, 0.1) is 43.3 Å². The van der Waals surface area contributed by atoms with Crippen molar-refractivity contribution in [1.29, 1.82) is 0 Å². The molecule has 2 heterocycles. The largest absolute Gasteiger partial charge is 0.497 e. The fraction of sp³-hybridized carbons (Fsp3) is 0.605. The number of rotatable bonds is 10. The smallest absolute Gasteiger partial charge is 0.416 e. The summed E-state index contributed by atoms with van der Waals surface area (Å²) in [7, 11) is 1.63. The molecule has 0 saturated carbocycles. The van der Waals surface area contributed by atoms with Crippen LogP contribution >= 0.6 is 0 Å². The lowest BCUT2D eigenvalue weighted by atomic mass is 9.79. The van der Waals surface area contributed by atoms with Crippen molar-refractivity contribution >= 4 is 18.0 Å². The second-order valence-corrected chi connectivity index (χ2v) is 15.3. The summed E-state index contributed by atoms with van der Waals surface area (Å²) < 4.78 is 23.4. The number of aliphatic hydroxyl groups excluding tert-OH is 1. The molecule has 0 aromatic heterocycles. The molecular formula is C38H53NO8. The molecule has 2 saturated heterocycles. The van der Waals surface area contributed by atoms with Crippen molar-refractivity contribution in [3.8, 4) is 11.5 Å². The van der Waals surface area contributed by atoms with E-state index in [1.54, 1.807) is 14.0 Å². The minimum atomic E-state index is -1.07. The second-order valence-electron chi connectivity index (χ2n) is 15.3. The van der Waals surface area contributed by atoms with Crippen molar-refractivity contribution in [2.45, 2.75) is 117 Å². The van der Waals surface area contributed by atoms with Crippen LogP contribution in [-0.2, 0) is 36.3 Å². The van der Waals surface area contributed by atoms with Crippen LogP contribution in [0.15, 0.2) is 42.5 Å². The van der Waals surface area contributed by atoms with E-state index in [1.165, 1.54) is 0 Å². The van der Waals surface area contributed by atoms with Gasteiger partial charge in [-0.25, -0.2) is 9.69 Å². The molecule has 2 amide bonds. The first-order chi connectivity index (χ1) is 21.9. The molecule has 0 spiro atoms. The van der Waals surface area contributed by atoms with Crippen molar-refractivity contribution in [3.05, 3.63) is 59.2 Å². The van der Waals surface area contributed by atoms with Crippen LogP contribution in [0.3, 0.4) is 0 Å². The lowest BCUT2D eigenvalue weighted by Gasteiger charge is -2.32. The molecule has 0 unspecified atom stereocenters. The summed E-state index contributed by atoms with van der Waals surface area (Å²) in [5.74, 6) is -1.43. The highest BCUT2D eigenvalue weighted by molar-refractivity contribution is 5.95. The molecule has 258 valence electrons. The first-order valence-electron chi connectivity index (χ1n) is 16.8. The zero-order chi connectivity index (χ0) is 34.8. The lowest BCUT2D eigenvalue weighted by molar-refractivity contribution is -0.145. The van der Waals surface area contributed by atoms with Gasteiger partial charge in [0.25, 0.3) is 0 Å². The molecule has 47 heavy (non-hydrogen) atoms. The molecule has 2 aliphatic rings. The van der Waals surface area contributed by atoms with Crippen LogP contribution in [0.2, 0.25) is 0 Å². The molecule has 1 N–H and O–H groups in total. The summed E-state index contributed by atoms with van der Waals surface area (Å²) in [5.41, 5.74) is 2.14. The van der Waals surface area contributed by atoms with Gasteiger partial charge in [0.2, 0.25) is 5.91 Å². The van der Waals surface area contributed by atoms with Gasteiger partial charge in [0.15, 0.2) is 0 Å². The summed E-state index contributed by atoms with van der Waals surface area (Å²) >= 11 is 0. The Morgan fingerprint density at radius 3 is 2.09 bits per heavy atom. The van der Waals surface area contributed by atoms with Crippen LogP contribution in [0.1, 0.15) is 91.8 Å². The van der Waals surface area contributed by atoms with E-state index in [1.807, 2.05) is 56.3 Å². The molecule has 9 heteroatoms. The van der Waals surface area contributed by atoms with E-state index < -0.39 is 48.0 Å². The topological polar surface area (TPSA) is 112 Å². The van der Waals surface area contributed by atoms with Crippen molar-refractivity contribution in [1.82, 2.24) is 4.90 Å². The standard InChI is InChI=1S/C38H53NO8/c1-22(32(40)24(3)34(41)39-26(21-45-36(39)43)18-25-14-12-11-13-15-25)30-16-17-31(46-30)23(2)35(42)47-33-28(37(4,5)6)19-27(44-10)20-29(33)38(7,8)9/h11-15,19-20,22-24,26,30-32,40H,16-18,21H2,1-10H3/t22-,23-,24+,26+,30+,31-,32-/m1/s1. The molecule has 0 radical (unpaired) electrons. The zero-order valence-corrected chi connectivity index (χ0v) is 29.7. The first-order valence-corrected chi connectivity index (χ1v) is 16.8. The summed E-state index contributed by atoms with van der Waals surface area (Å²) in [4.78, 5) is 41.0. The minimum Gasteiger partial charge on any atom is -0.497 e. The fourth-order valence-electron chi connectivity index (χ4n) is 6.54. The Hall–Kier alpha value is -3.43. The van der Waals surface area contributed by atoms with Gasteiger partial charge >= 0.3 is 12.1 Å². The van der Waals surface area contributed by atoms with E-state index in [4.69, 9.17) is 18.9 Å². The number of hydrogen-bond donors (Lipinski definition) is 1. The van der Waals surface area contributed by atoms with E-state index >= 15 is 0 Å². The van der Waals surface area contributed by atoms with Gasteiger partial charge in [-0.2, -0.15) is 0 Å². The Balaban J connectivity index is 1.43. The molecule has 7 atom stereocenters. The Kier molecular flexibility index (Phi) is 11.1. The number of cyclic esters (lactones) is 1. The molecule has 4 rings (SSSR count). The van der Waals surface area contributed by atoms with E-state index in [2.05, 4.69) is 41.5 Å². The van der Waals surface area contributed by atoms with Gasteiger partial charge < -0.3 is 24.1 Å². The van der Waals surface area contributed by atoms with Gasteiger partial charge in [-0.1, -0.05) is 85.7 Å². The number of nitrogens with zero attached hydrogens (tertiary/aromatic N) is 1. The van der Waals surface area contributed by atoms with Gasteiger partial charge in [0, 0.05) is 17.0 Å². The number of methoxy groups -OCH3 is 1. The molecule has 2 aromatic carbocycles. The Morgan fingerprint density at radius 2 is 1.53 bits per heavy atom. The predicted molar refractivity (Wildman–Crippen MR) is 180 cm³/mol. The summed E-state index contributed by atoms with van der Waals surface area (Å²) in [6.45, 7) is 17.9. The van der Waals surface area contributed by atoms with Gasteiger partial charge in [0.1, 0.15) is 18.1 Å². The Morgan fingerprint density at radius 1 is 0.957 bits per heavy atom. The zero-order valence-electron chi connectivity index (χ0n) is 29.7. The van der Waals surface area contributed by atoms with Gasteiger partial charge in [-0.3, -0.25) is 9.59 Å². The van der Waals surface area contributed by atoms with E-state index in [0.717, 1.165) is 21.6 Å². The molecule has 2 aliphatic heterocycles. The van der Waals surface area contributed by atoms with Crippen LogP contribution in [0.5, 0.6) is 11.5 Å². The van der Waals surface area contributed by atoms with Gasteiger partial charge in [-0.05, 0) is 54.7 Å². The highest BCUT2D eigenvalue weighted by atomic mass is 16.6. The Bertz CT molecular complexity index is 1390. The number of benzene rings is 2. The number of aliphatic hydroxyl groups is 1. The molecule has 0 aliphatic carbocycles. The number of carbonyl (C=O) groups excluding carboxylic acids is 3. The molecule has 2 fully saturated rings. The summed E-state index contributed by atoms with van der Waals surface area (Å²) in [6.07, 6.45) is -0.835. The summed E-state index contributed by atoms with van der Waals surface area (Å²) in [6, 6.07) is 13.0. The quantitative estimate of drug-likeness (QED) is 0.226. The predicted octanol–water partition coefficient (Wildman–Crippen LogP) is 6.60. The van der Waals surface area contributed by atoms with Crippen LogP contribution in [0.25, 0.3) is 0 Å². The van der Waals surface area contributed by atoms with Crippen molar-refractivity contribution < 1.29 is 38.4 Å². The Labute approximate surface area is 279 Å². The van der Waals surface area contributed by atoms with Crippen LogP contribution < -0.4 is 9.47 Å². The third-order valence-electron chi connectivity index (χ3n) is 9.67. The maximum atomic E-state index is 13.7. The second kappa shape index (κ2) is 14.4. The third-order valence-corrected chi connectivity index (χ3v) is 9.67. The molecule has 9 nitrogen and oxygen atoms in total. The van der Waals surface area contributed by atoms with Crippen molar-refractivity contribution in [2.24, 2.45) is 17.8 Å².